The van der Waals surface area contributed by atoms with Crippen molar-refractivity contribution in [3.8, 4) is 11.1 Å². The van der Waals surface area contributed by atoms with Gasteiger partial charge >= 0.3 is 6.03 Å². The Morgan fingerprint density at radius 1 is 1.08 bits per heavy atom. The van der Waals surface area contributed by atoms with Crippen LogP contribution in [0.4, 0.5) is 4.79 Å². The number of benzene rings is 2. The Kier molecular flexibility index (Phi) is 5.14. The molecule has 1 heterocycles. The minimum atomic E-state index is -0.445. The number of urea groups is 1. The van der Waals surface area contributed by atoms with Crippen molar-refractivity contribution in [3.05, 3.63) is 59.7 Å². The second kappa shape index (κ2) is 7.49. The first-order chi connectivity index (χ1) is 12.0. The number of imide groups is 1. The van der Waals surface area contributed by atoms with Crippen LogP contribution in [0.2, 0.25) is 0 Å². The van der Waals surface area contributed by atoms with E-state index in [4.69, 9.17) is 4.74 Å². The molecule has 130 valence electrons. The molecular weight excluding hydrogens is 316 g/mol. The summed E-state index contributed by atoms with van der Waals surface area (Å²) >= 11 is 0. The van der Waals surface area contributed by atoms with Crippen LogP contribution in [0.15, 0.2) is 48.5 Å². The number of carbonyl (C=O) groups is 2. The molecule has 2 N–H and O–H groups in total. The summed E-state index contributed by atoms with van der Waals surface area (Å²) in [7, 11) is 0. The number of carbonyl (C=O) groups excluding carboxylic acids is 2. The topological polar surface area (TPSA) is 67.4 Å². The second-order valence-corrected chi connectivity index (χ2v) is 6.46. The Hall–Kier alpha value is -2.66. The van der Waals surface area contributed by atoms with E-state index in [-0.39, 0.29) is 24.5 Å². The third-order valence-corrected chi connectivity index (χ3v) is 4.08. The predicted molar refractivity (Wildman–Crippen MR) is 95.8 cm³/mol. The van der Waals surface area contributed by atoms with E-state index in [1.165, 1.54) is 0 Å². The van der Waals surface area contributed by atoms with Crippen molar-refractivity contribution in [3.63, 3.8) is 0 Å². The van der Waals surface area contributed by atoms with Crippen molar-refractivity contribution in [2.75, 3.05) is 0 Å². The van der Waals surface area contributed by atoms with Crippen LogP contribution < -0.4 is 10.6 Å². The largest absolute Gasteiger partial charge is 0.374 e. The maximum atomic E-state index is 11.6. The normalized spacial score (nSPS) is 17.3. The fourth-order valence-electron chi connectivity index (χ4n) is 2.85. The number of ether oxygens (including phenoxy) is 1. The predicted octanol–water partition coefficient (Wildman–Crippen LogP) is 3.55. The van der Waals surface area contributed by atoms with Crippen molar-refractivity contribution in [1.82, 2.24) is 10.6 Å². The van der Waals surface area contributed by atoms with Gasteiger partial charge in [0.1, 0.15) is 0 Å². The van der Waals surface area contributed by atoms with E-state index in [9.17, 15) is 9.59 Å². The van der Waals surface area contributed by atoms with Crippen molar-refractivity contribution in [1.29, 1.82) is 0 Å². The summed E-state index contributed by atoms with van der Waals surface area (Å²) in [6.45, 7) is 4.61. The van der Waals surface area contributed by atoms with Gasteiger partial charge in [-0.15, -0.1) is 0 Å². The summed E-state index contributed by atoms with van der Waals surface area (Å²) in [6, 6.07) is 15.4. The molecule has 3 rings (SSSR count). The molecule has 1 aliphatic heterocycles. The van der Waals surface area contributed by atoms with Crippen LogP contribution in [-0.2, 0) is 16.1 Å². The fourth-order valence-corrected chi connectivity index (χ4v) is 2.85. The van der Waals surface area contributed by atoms with Crippen LogP contribution in [0.3, 0.4) is 0 Å². The molecule has 1 unspecified atom stereocenters. The van der Waals surface area contributed by atoms with E-state index in [1.807, 2.05) is 56.3 Å². The van der Waals surface area contributed by atoms with Crippen molar-refractivity contribution in [2.24, 2.45) is 0 Å². The maximum Gasteiger partial charge on any atom is 0.321 e. The first kappa shape index (κ1) is 17.2. The van der Waals surface area contributed by atoms with Gasteiger partial charge in [0.25, 0.3) is 0 Å². The van der Waals surface area contributed by atoms with Gasteiger partial charge in [0.2, 0.25) is 5.91 Å². The van der Waals surface area contributed by atoms with Crippen molar-refractivity contribution >= 4 is 11.9 Å². The first-order valence-corrected chi connectivity index (χ1v) is 8.42. The lowest BCUT2D eigenvalue weighted by atomic mass is 9.96. The van der Waals surface area contributed by atoms with E-state index in [1.54, 1.807) is 0 Å². The molecule has 1 saturated heterocycles. The highest BCUT2D eigenvalue weighted by Crippen LogP contribution is 2.26. The van der Waals surface area contributed by atoms with Crippen LogP contribution in [0.5, 0.6) is 0 Å². The molecule has 1 atom stereocenters. The molecule has 0 aliphatic carbocycles. The number of amides is 3. The quantitative estimate of drug-likeness (QED) is 0.876. The number of rotatable bonds is 5. The van der Waals surface area contributed by atoms with Gasteiger partial charge in [-0.2, -0.15) is 0 Å². The van der Waals surface area contributed by atoms with Crippen LogP contribution >= 0.6 is 0 Å². The minimum Gasteiger partial charge on any atom is -0.374 e. The summed E-state index contributed by atoms with van der Waals surface area (Å²) < 4.78 is 5.67. The number of hydrogen-bond acceptors (Lipinski definition) is 3. The van der Waals surface area contributed by atoms with Gasteiger partial charge in [-0.25, -0.2) is 4.79 Å². The molecule has 5 heteroatoms. The average Bonchev–Trinajstić information content (AvgIpc) is 2.59. The molecule has 2 aromatic rings. The van der Waals surface area contributed by atoms with Crippen LogP contribution in [-0.4, -0.2) is 18.0 Å². The molecule has 0 bridgehead atoms. The number of nitrogens with one attached hydrogen (secondary N) is 2. The summed E-state index contributed by atoms with van der Waals surface area (Å²) in [5.41, 5.74) is 4.16. The molecule has 3 amide bonds. The lowest BCUT2D eigenvalue weighted by molar-refractivity contribution is -0.121. The lowest BCUT2D eigenvalue weighted by Crippen LogP contribution is -2.48. The van der Waals surface area contributed by atoms with Gasteiger partial charge in [0.05, 0.1) is 25.2 Å². The van der Waals surface area contributed by atoms with Crippen LogP contribution in [0, 0.1) is 0 Å². The zero-order chi connectivity index (χ0) is 17.8. The summed E-state index contributed by atoms with van der Waals surface area (Å²) in [5.74, 6) is -0.257. The Bertz CT molecular complexity index is 770. The molecule has 5 nitrogen and oxygen atoms in total. The minimum absolute atomic E-state index is 0.188. The highest BCUT2D eigenvalue weighted by atomic mass is 16.5. The Morgan fingerprint density at radius 3 is 2.52 bits per heavy atom. The van der Waals surface area contributed by atoms with Gasteiger partial charge in [0.15, 0.2) is 0 Å². The molecule has 0 radical (unpaired) electrons. The monoisotopic (exact) mass is 338 g/mol. The van der Waals surface area contributed by atoms with Gasteiger partial charge in [0, 0.05) is 0 Å². The van der Waals surface area contributed by atoms with E-state index in [0.717, 1.165) is 22.3 Å². The van der Waals surface area contributed by atoms with Crippen LogP contribution in [0.25, 0.3) is 11.1 Å². The fraction of sp³-hybridized carbons (Fsp3) is 0.300. The molecule has 1 aliphatic rings. The van der Waals surface area contributed by atoms with Gasteiger partial charge in [-0.05, 0) is 48.2 Å². The average molecular weight is 338 g/mol. The third kappa shape index (κ3) is 4.45. The molecule has 25 heavy (non-hydrogen) atoms. The zero-order valence-corrected chi connectivity index (χ0v) is 14.4. The summed E-state index contributed by atoms with van der Waals surface area (Å²) in [4.78, 5) is 23.1. The summed E-state index contributed by atoms with van der Waals surface area (Å²) in [6.07, 6.45) is 0.435. The Morgan fingerprint density at radius 2 is 1.80 bits per heavy atom. The SMILES string of the molecule is CC(C)OCc1cccc(-c2cccc(C3CC(=O)NC(=O)N3)c2)c1. The second-order valence-electron chi connectivity index (χ2n) is 6.46. The van der Waals surface area contributed by atoms with Crippen LogP contribution in [0.1, 0.15) is 37.4 Å². The summed E-state index contributed by atoms with van der Waals surface area (Å²) in [5, 5.41) is 5.05. The Labute approximate surface area is 147 Å². The van der Waals surface area contributed by atoms with E-state index in [0.29, 0.717) is 6.61 Å². The van der Waals surface area contributed by atoms with Crippen molar-refractivity contribution in [2.45, 2.75) is 39.0 Å². The zero-order valence-electron chi connectivity index (χ0n) is 14.4. The highest BCUT2D eigenvalue weighted by molar-refractivity contribution is 5.97. The van der Waals surface area contributed by atoms with E-state index >= 15 is 0 Å². The molecule has 0 saturated carbocycles. The lowest BCUT2D eigenvalue weighted by Gasteiger charge is -2.23. The van der Waals surface area contributed by atoms with E-state index in [2.05, 4.69) is 16.7 Å². The van der Waals surface area contributed by atoms with E-state index < -0.39 is 6.03 Å². The Balaban J connectivity index is 1.83. The van der Waals surface area contributed by atoms with Gasteiger partial charge in [-0.1, -0.05) is 36.4 Å². The molecule has 1 fully saturated rings. The molecule has 2 aromatic carbocycles. The van der Waals surface area contributed by atoms with Crippen molar-refractivity contribution < 1.29 is 14.3 Å². The maximum absolute atomic E-state index is 11.6. The van der Waals surface area contributed by atoms with Gasteiger partial charge < -0.3 is 10.1 Å². The standard InChI is InChI=1S/C20H22N2O3/c1-13(2)25-12-14-5-3-6-15(9-14)16-7-4-8-17(10-16)18-11-19(23)22-20(24)21-18/h3-10,13,18H,11-12H2,1-2H3,(H2,21,22,23,24). The smallest absolute Gasteiger partial charge is 0.321 e. The third-order valence-electron chi connectivity index (χ3n) is 4.08. The first-order valence-electron chi connectivity index (χ1n) is 8.42. The molecular formula is C20H22N2O3. The highest BCUT2D eigenvalue weighted by Gasteiger charge is 2.25. The molecule has 0 spiro atoms. The number of hydrogen-bond donors (Lipinski definition) is 2. The molecule has 0 aromatic heterocycles. The van der Waals surface area contributed by atoms with Gasteiger partial charge in [-0.3, -0.25) is 10.1 Å².